The zero-order chi connectivity index (χ0) is 15.4. The van der Waals surface area contributed by atoms with Gasteiger partial charge in [0.15, 0.2) is 0 Å². The Morgan fingerprint density at radius 1 is 1.43 bits per heavy atom. The summed E-state index contributed by atoms with van der Waals surface area (Å²) in [5, 5.41) is 0. The van der Waals surface area contributed by atoms with Crippen LogP contribution in [0.2, 0.25) is 0 Å². The number of nitrogens with zero attached hydrogens (tertiary/aromatic N) is 3. The fourth-order valence-corrected chi connectivity index (χ4v) is 2.39. The van der Waals surface area contributed by atoms with Gasteiger partial charge in [-0.3, -0.25) is 18.7 Å². The van der Waals surface area contributed by atoms with Gasteiger partial charge in [-0.15, -0.1) is 0 Å². The molecule has 0 saturated heterocycles. The monoisotopic (exact) mass is 294 g/mol. The van der Waals surface area contributed by atoms with Crippen LogP contribution in [0.25, 0.3) is 0 Å². The number of carbonyl (C=O) groups is 1. The van der Waals surface area contributed by atoms with Crippen LogP contribution in [-0.2, 0) is 17.9 Å². The normalized spacial score (nSPS) is 14.2. The minimum Gasteiger partial charge on any atom is -0.338 e. The van der Waals surface area contributed by atoms with Gasteiger partial charge in [0, 0.05) is 31.4 Å². The summed E-state index contributed by atoms with van der Waals surface area (Å²) in [5.41, 5.74) is 4.61. The SMILES string of the molecule is CCN(C(=O)Cn1ccc(=O)n(CCCN)c1=O)C1CC1. The fourth-order valence-electron chi connectivity index (χ4n) is 2.39. The molecule has 0 spiro atoms. The molecule has 0 unspecified atom stereocenters. The quantitative estimate of drug-likeness (QED) is 0.725. The summed E-state index contributed by atoms with van der Waals surface area (Å²) in [7, 11) is 0. The first kappa shape index (κ1) is 15.5. The molecule has 1 aliphatic rings. The second kappa shape index (κ2) is 6.71. The first-order chi connectivity index (χ1) is 10.1. The van der Waals surface area contributed by atoms with E-state index >= 15 is 0 Å². The lowest BCUT2D eigenvalue weighted by atomic mass is 10.4. The molecule has 0 atom stereocenters. The van der Waals surface area contributed by atoms with Gasteiger partial charge in [-0.25, -0.2) is 4.79 Å². The van der Waals surface area contributed by atoms with Crippen LogP contribution in [0.3, 0.4) is 0 Å². The number of hydrogen-bond donors (Lipinski definition) is 1. The molecule has 1 heterocycles. The van der Waals surface area contributed by atoms with E-state index in [-0.39, 0.29) is 24.6 Å². The number of rotatable bonds is 7. The van der Waals surface area contributed by atoms with Crippen molar-refractivity contribution < 1.29 is 4.79 Å². The van der Waals surface area contributed by atoms with Gasteiger partial charge in [0.1, 0.15) is 6.54 Å². The van der Waals surface area contributed by atoms with Crippen molar-refractivity contribution in [1.29, 1.82) is 0 Å². The highest BCUT2D eigenvalue weighted by molar-refractivity contribution is 5.76. The number of amides is 1. The lowest BCUT2D eigenvalue weighted by molar-refractivity contribution is -0.132. The summed E-state index contributed by atoms with van der Waals surface area (Å²) in [5.74, 6) is -0.0777. The Bertz CT molecular complexity index is 615. The maximum atomic E-state index is 12.2. The zero-order valence-corrected chi connectivity index (χ0v) is 12.3. The third kappa shape index (κ3) is 3.60. The minimum absolute atomic E-state index is 0.0217. The Morgan fingerprint density at radius 2 is 2.14 bits per heavy atom. The number of hydrogen-bond acceptors (Lipinski definition) is 4. The topological polar surface area (TPSA) is 90.3 Å². The molecule has 0 radical (unpaired) electrons. The maximum Gasteiger partial charge on any atom is 0.331 e. The van der Waals surface area contributed by atoms with Crippen molar-refractivity contribution in [2.75, 3.05) is 13.1 Å². The number of likely N-dealkylation sites (N-methyl/N-ethyl adjacent to an activating group) is 1. The number of nitrogens with two attached hydrogens (primary N) is 1. The van der Waals surface area contributed by atoms with E-state index in [9.17, 15) is 14.4 Å². The molecule has 1 amide bonds. The molecule has 1 aromatic rings. The summed E-state index contributed by atoms with van der Waals surface area (Å²) >= 11 is 0. The number of aromatic nitrogens is 2. The van der Waals surface area contributed by atoms with Crippen molar-refractivity contribution in [3.8, 4) is 0 Å². The predicted molar refractivity (Wildman–Crippen MR) is 79.0 cm³/mol. The van der Waals surface area contributed by atoms with Crippen LogP contribution in [0.5, 0.6) is 0 Å². The average molecular weight is 294 g/mol. The first-order valence-corrected chi connectivity index (χ1v) is 7.38. The van der Waals surface area contributed by atoms with Crippen molar-refractivity contribution in [1.82, 2.24) is 14.0 Å². The highest BCUT2D eigenvalue weighted by atomic mass is 16.2. The molecule has 0 aromatic carbocycles. The highest BCUT2D eigenvalue weighted by Gasteiger charge is 2.31. The van der Waals surface area contributed by atoms with Crippen molar-refractivity contribution >= 4 is 5.91 Å². The van der Waals surface area contributed by atoms with E-state index in [1.165, 1.54) is 16.8 Å². The molecular weight excluding hydrogens is 272 g/mol. The summed E-state index contributed by atoms with van der Waals surface area (Å²) < 4.78 is 2.43. The van der Waals surface area contributed by atoms with Gasteiger partial charge in [-0.1, -0.05) is 0 Å². The Morgan fingerprint density at radius 3 is 2.71 bits per heavy atom. The molecule has 21 heavy (non-hydrogen) atoms. The van der Waals surface area contributed by atoms with Crippen LogP contribution < -0.4 is 17.0 Å². The van der Waals surface area contributed by atoms with E-state index in [0.717, 1.165) is 17.4 Å². The van der Waals surface area contributed by atoms with E-state index in [1.54, 1.807) is 4.90 Å². The largest absolute Gasteiger partial charge is 0.338 e. The molecule has 2 N–H and O–H groups in total. The van der Waals surface area contributed by atoms with Crippen molar-refractivity contribution in [3.63, 3.8) is 0 Å². The second-order valence-corrected chi connectivity index (χ2v) is 5.27. The van der Waals surface area contributed by atoms with E-state index in [1.807, 2.05) is 6.92 Å². The molecule has 1 saturated carbocycles. The molecule has 1 aliphatic carbocycles. The average Bonchev–Trinajstić information content (AvgIpc) is 3.27. The van der Waals surface area contributed by atoms with Crippen molar-refractivity contribution in [2.45, 2.75) is 45.3 Å². The Balaban J connectivity index is 2.18. The van der Waals surface area contributed by atoms with E-state index in [2.05, 4.69) is 0 Å². The lowest BCUT2D eigenvalue weighted by Gasteiger charge is -2.21. The predicted octanol–water partition coefficient (Wildman–Crippen LogP) is -0.630. The second-order valence-electron chi connectivity index (χ2n) is 5.27. The Kier molecular flexibility index (Phi) is 4.95. The molecule has 7 heteroatoms. The van der Waals surface area contributed by atoms with Gasteiger partial charge in [0.2, 0.25) is 5.91 Å². The van der Waals surface area contributed by atoms with Gasteiger partial charge < -0.3 is 10.6 Å². The van der Waals surface area contributed by atoms with E-state index < -0.39 is 5.69 Å². The molecule has 116 valence electrons. The van der Waals surface area contributed by atoms with Gasteiger partial charge in [-0.05, 0) is 32.7 Å². The van der Waals surface area contributed by atoms with Crippen molar-refractivity contribution in [2.24, 2.45) is 5.73 Å². The smallest absolute Gasteiger partial charge is 0.331 e. The third-order valence-corrected chi connectivity index (χ3v) is 3.68. The fraction of sp³-hybridized carbons (Fsp3) is 0.643. The van der Waals surface area contributed by atoms with Crippen LogP contribution >= 0.6 is 0 Å². The van der Waals surface area contributed by atoms with Gasteiger partial charge >= 0.3 is 5.69 Å². The minimum atomic E-state index is -0.448. The Labute approximate surface area is 123 Å². The molecule has 0 bridgehead atoms. The van der Waals surface area contributed by atoms with Crippen LogP contribution in [0.1, 0.15) is 26.2 Å². The van der Waals surface area contributed by atoms with Gasteiger partial charge in [0.25, 0.3) is 5.56 Å². The van der Waals surface area contributed by atoms with Crippen LogP contribution in [0.4, 0.5) is 0 Å². The van der Waals surface area contributed by atoms with Crippen LogP contribution in [0.15, 0.2) is 21.9 Å². The molecule has 1 aromatic heterocycles. The van der Waals surface area contributed by atoms with Gasteiger partial charge in [-0.2, -0.15) is 0 Å². The molecule has 7 nitrogen and oxygen atoms in total. The van der Waals surface area contributed by atoms with Crippen molar-refractivity contribution in [3.05, 3.63) is 33.1 Å². The molecular formula is C14H22N4O3. The summed E-state index contributed by atoms with van der Waals surface area (Å²) in [6, 6.07) is 1.64. The maximum absolute atomic E-state index is 12.2. The van der Waals surface area contributed by atoms with Crippen LogP contribution in [0, 0.1) is 0 Å². The lowest BCUT2D eigenvalue weighted by Crippen LogP contribution is -2.43. The third-order valence-electron chi connectivity index (χ3n) is 3.68. The zero-order valence-electron chi connectivity index (χ0n) is 12.3. The Hall–Kier alpha value is -1.89. The summed E-state index contributed by atoms with van der Waals surface area (Å²) in [6.07, 6.45) is 4.01. The highest BCUT2D eigenvalue weighted by Crippen LogP contribution is 2.26. The standard InChI is InChI=1S/C14H22N4O3/c1-2-17(11-4-5-11)13(20)10-16-9-6-12(19)18(14(16)21)8-3-7-15/h6,9,11H,2-5,7-8,10,15H2,1H3. The van der Waals surface area contributed by atoms with Crippen LogP contribution in [-0.4, -0.2) is 39.1 Å². The summed E-state index contributed by atoms with van der Waals surface area (Å²) in [6.45, 7) is 3.24. The van der Waals surface area contributed by atoms with Gasteiger partial charge in [0.05, 0.1) is 0 Å². The molecule has 2 rings (SSSR count). The molecule has 1 fully saturated rings. The first-order valence-electron chi connectivity index (χ1n) is 7.38. The van der Waals surface area contributed by atoms with E-state index in [0.29, 0.717) is 25.6 Å². The van der Waals surface area contributed by atoms with E-state index in [4.69, 9.17) is 5.73 Å². The molecule has 0 aliphatic heterocycles. The number of carbonyl (C=O) groups excluding carboxylic acids is 1. The summed E-state index contributed by atoms with van der Waals surface area (Å²) in [4.78, 5) is 38.0.